The summed E-state index contributed by atoms with van der Waals surface area (Å²) in [6.45, 7) is 0. The minimum Gasteiger partial charge on any atom is -0.332 e. The van der Waals surface area contributed by atoms with Gasteiger partial charge in [0.2, 0.25) is 0 Å². The van der Waals surface area contributed by atoms with Crippen molar-refractivity contribution in [3.05, 3.63) is 0 Å². The van der Waals surface area contributed by atoms with Gasteiger partial charge < -0.3 is 5.73 Å². The maximum Gasteiger partial charge on any atom is 0.127 e. The molecule has 1 nitrogen and oxygen atoms in total. The first-order valence-corrected chi connectivity index (χ1v) is 3.50. The van der Waals surface area contributed by atoms with Gasteiger partial charge in [0.1, 0.15) is 7.85 Å². The Hall–Kier alpha value is 0.0249. The average Bonchev–Trinajstić information content (AvgIpc) is 1.65. The van der Waals surface area contributed by atoms with E-state index in [4.69, 9.17) is 5.73 Å². The molecule has 0 aliphatic heterocycles. The lowest BCUT2D eigenvalue weighted by Gasteiger charge is -2.28. The summed E-state index contributed by atoms with van der Waals surface area (Å²) in [6.07, 6.45) is 6.53. The van der Waals surface area contributed by atoms with Crippen molar-refractivity contribution in [3.8, 4) is 0 Å². The quantitative estimate of drug-likeness (QED) is 0.445. The van der Waals surface area contributed by atoms with E-state index in [1.807, 2.05) is 0 Å². The van der Waals surface area contributed by atoms with E-state index in [1.165, 1.54) is 32.1 Å². The number of rotatable bonds is 0. The molecule has 2 heteroatoms. The third-order valence-electron chi connectivity index (χ3n) is 2.00. The van der Waals surface area contributed by atoms with Crippen molar-refractivity contribution in [1.29, 1.82) is 0 Å². The molecule has 0 aromatic rings. The molecule has 0 unspecified atom stereocenters. The highest BCUT2D eigenvalue weighted by molar-refractivity contribution is 6.15. The fourth-order valence-electron chi connectivity index (χ4n) is 1.36. The van der Waals surface area contributed by atoms with Crippen LogP contribution in [0.2, 0.25) is 0 Å². The molecule has 1 saturated carbocycles. The van der Waals surface area contributed by atoms with Crippen LogP contribution in [0.4, 0.5) is 0 Å². The van der Waals surface area contributed by atoms with Crippen molar-refractivity contribution in [1.82, 2.24) is 0 Å². The second-order valence-corrected chi connectivity index (χ2v) is 3.21. The first-order chi connectivity index (χ1) is 3.71. The van der Waals surface area contributed by atoms with Crippen molar-refractivity contribution in [3.63, 3.8) is 0 Å². The van der Waals surface area contributed by atoms with Gasteiger partial charge in [-0.05, 0) is 18.3 Å². The molecule has 0 spiro atoms. The van der Waals surface area contributed by atoms with Gasteiger partial charge in [0.05, 0.1) is 0 Å². The molecule has 0 aromatic heterocycles. The van der Waals surface area contributed by atoms with Crippen LogP contribution in [0.5, 0.6) is 0 Å². The Bertz CT molecular complexity index is 72.6. The summed E-state index contributed by atoms with van der Waals surface area (Å²) in [5, 5.41) is 0. The summed E-state index contributed by atoms with van der Waals surface area (Å²) < 4.78 is 0. The van der Waals surface area contributed by atoms with E-state index in [1.54, 1.807) is 0 Å². The van der Waals surface area contributed by atoms with Crippen LogP contribution >= 0.6 is 0 Å². The molecule has 0 saturated heterocycles. The second-order valence-electron chi connectivity index (χ2n) is 3.21. The Morgan fingerprint density at radius 1 is 1.12 bits per heavy atom. The predicted molar refractivity (Wildman–Crippen MR) is 38.5 cm³/mol. The zero-order chi connectivity index (χ0) is 6.04. The lowest BCUT2D eigenvalue weighted by Crippen LogP contribution is -2.41. The first-order valence-electron chi connectivity index (χ1n) is 3.50. The summed E-state index contributed by atoms with van der Waals surface area (Å²) in [5.74, 6) is 0. The summed E-state index contributed by atoms with van der Waals surface area (Å²) in [6, 6.07) is 0. The Balaban J connectivity index is 2.33. The normalized spacial score (nSPS) is 27.6. The molecule has 46 valence electrons. The Kier molecular flexibility index (Phi) is 1.61. The molecule has 0 aromatic carbocycles. The monoisotopic (exact) mass is 111 g/mol. The maximum atomic E-state index is 5.88. The highest BCUT2D eigenvalue weighted by Gasteiger charge is 2.20. The molecule has 8 heavy (non-hydrogen) atoms. The Labute approximate surface area is 52.0 Å². The average molecular weight is 111 g/mol. The number of hydrogen-bond acceptors (Lipinski definition) is 1. The lowest BCUT2D eigenvalue weighted by molar-refractivity contribution is 0.398. The van der Waals surface area contributed by atoms with E-state index in [0.29, 0.717) is 0 Å². The number of hydrogen-bond donors (Lipinski definition) is 1. The van der Waals surface area contributed by atoms with Crippen molar-refractivity contribution >= 4 is 7.85 Å². The third-order valence-corrected chi connectivity index (χ3v) is 2.00. The molecule has 1 fully saturated rings. The van der Waals surface area contributed by atoms with E-state index < -0.39 is 0 Å². The topological polar surface area (TPSA) is 26.0 Å². The van der Waals surface area contributed by atoms with E-state index in [-0.39, 0.29) is 5.44 Å². The van der Waals surface area contributed by atoms with Crippen LogP contribution in [0.25, 0.3) is 0 Å². The van der Waals surface area contributed by atoms with Crippen LogP contribution in [0.1, 0.15) is 32.1 Å². The number of nitrogens with two attached hydrogens (primary N) is 1. The zero-order valence-electron chi connectivity index (χ0n) is 5.61. The summed E-state index contributed by atoms with van der Waals surface area (Å²) in [5.41, 5.74) is 6.06. The van der Waals surface area contributed by atoms with Gasteiger partial charge in [-0.3, -0.25) is 0 Å². The van der Waals surface area contributed by atoms with Crippen molar-refractivity contribution in [2.45, 2.75) is 37.5 Å². The lowest BCUT2D eigenvalue weighted by atomic mass is 9.68. The van der Waals surface area contributed by atoms with Crippen LogP contribution < -0.4 is 5.73 Å². The molecule has 0 heterocycles. The maximum absolute atomic E-state index is 5.88. The van der Waals surface area contributed by atoms with Gasteiger partial charge in [0, 0.05) is 0 Å². The zero-order valence-corrected chi connectivity index (χ0v) is 5.61. The molecule has 0 bridgehead atoms. The molecule has 0 amide bonds. The smallest absolute Gasteiger partial charge is 0.127 e. The first kappa shape index (κ1) is 6.15. The van der Waals surface area contributed by atoms with Crippen LogP contribution in [0.3, 0.4) is 0 Å². The van der Waals surface area contributed by atoms with Gasteiger partial charge in [-0.25, -0.2) is 0 Å². The minimum absolute atomic E-state index is 0.179. The minimum atomic E-state index is 0.179. The van der Waals surface area contributed by atoms with Crippen molar-refractivity contribution in [2.24, 2.45) is 5.73 Å². The molecule has 0 atom stereocenters. The van der Waals surface area contributed by atoms with Crippen molar-refractivity contribution < 1.29 is 0 Å². The molecule has 1 aliphatic carbocycles. The van der Waals surface area contributed by atoms with Crippen LogP contribution in [-0.2, 0) is 0 Å². The molecular formula is C6H14BN. The Morgan fingerprint density at radius 2 is 1.62 bits per heavy atom. The second kappa shape index (κ2) is 2.10. The summed E-state index contributed by atoms with van der Waals surface area (Å²) >= 11 is 0. The molecule has 1 aliphatic rings. The summed E-state index contributed by atoms with van der Waals surface area (Å²) in [4.78, 5) is 0. The molecule has 0 radical (unpaired) electrons. The van der Waals surface area contributed by atoms with E-state index >= 15 is 0 Å². The molecule has 1 rings (SSSR count). The van der Waals surface area contributed by atoms with Crippen LogP contribution in [0.15, 0.2) is 0 Å². The fourth-order valence-corrected chi connectivity index (χ4v) is 1.36. The van der Waals surface area contributed by atoms with Gasteiger partial charge in [0.15, 0.2) is 0 Å². The van der Waals surface area contributed by atoms with Gasteiger partial charge in [-0.2, -0.15) is 0 Å². The molecule has 2 N–H and O–H groups in total. The SMILES string of the molecule is BC1(N)CCCCC1. The van der Waals surface area contributed by atoms with E-state index in [2.05, 4.69) is 7.85 Å². The van der Waals surface area contributed by atoms with Gasteiger partial charge in [-0.1, -0.05) is 19.3 Å². The largest absolute Gasteiger partial charge is 0.332 e. The Morgan fingerprint density at radius 3 is 1.88 bits per heavy atom. The van der Waals surface area contributed by atoms with Crippen molar-refractivity contribution in [2.75, 3.05) is 0 Å². The van der Waals surface area contributed by atoms with E-state index in [0.717, 1.165) is 0 Å². The van der Waals surface area contributed by atoms with E-state index in [9.17, 15) is 0 Å². The van der Waals surface area contributed by atoms with Crippen LogP contribution in [0, 0.1) is 0 Å². The fraction of sp³-hybridized carbons (Fsp3) is 1.00. The molecular weight excluding hydrogens is 96.9 g/mol. The highest BCUT2D eigenvalue weighted by atomic mass is 14.7. The van der Waals surface area contributed by atoms with Gasteiger partial charge in [-0.15, -0.1) is 0 Å². The highest BCUT2D eigenvalue weighted by Crippen LogP contribution is 2.22. The van der Waals surface area contributed by atoms with Gasteiger partial charge in [0.25, 0.3) is 0 Å². The summed E-state index contributed by atoms with van der Waals surface area (Å²) in [7, 11) is 2.16. The third kappa shape index (κ3) is 1.51. The van der Waals surface area contributed by atoms with Gasteiger partial charge >= 0.3 is 0 Å². The predicted octanol–water partition coefficient (Wildman–Crippen LogP) is 0.239. The van der Waals surface area contributed by atoms with Crippen LogP contribution in [-0.4, -0.2) is 13.3 Å². The standard InChI is InChI=1S/C6H14BN/c7-6(8)4-2-1-3-5-6/h1-5,7-8H2.